The van der Waals surface area contributed by atoms with E-state index in [0.29, 0.717) is 5.82 Å². The fourth-order valence-corrected chi connectivity index (χ4v) is 2.60. The first kappa shape index (κ1) is 14.0. The minimum absolute atomic E-state index is 0.168. The number of halogens is 1. The van der Waals surface area contributed by atoms with Crippen LogP contribution in [0.1, 0.15) is 22.7 Å². The Hall–Kier alpha value is -1.39. The maximum atomic E-state index is 5.99. The van der Waals surface area contributed by atoms with E-state index in [-0.39, 0.29) is 6.04 Å². The van der Waals surface area contributed by atoms with Crippen molar-refractivity contribution in [2.75, 3.05) is 12.8 Å². The van der Waals surface area contributed by atoms with Gasteiger partial charge in [0, 0.05) is 22.3 Å². The van der Waals surface area contributed by atoms with Crippen molar-refractivity contribution in [1.82, 2.24) is 10.3 Å². The molecule has 0 aliphatic heterocycles. The van der Waals surface area contributed by atoms with Gasteiger partial charge in [-0.1, -0.05) is 28.1 Å². The van der Waals surface area contributed by atoms with Gasteiger partial charge in [0.1, 0.15) is 5.82 Å². The van der Waals surface area contributed by atoms with E-state index in [2.05, 4.69) is 44.4 Å². The highest BCUT2D eigenvalue weighted by atomic mass is 79.9. The van der Waals surface area contributed by atoms with Crippen LogP contribution < -0.4 is 11.1 Å². The number of nitrogens with one attached hydrogen (secondary N) is 1. The van der Waals surface area contributed by atoms with Gasteiger partial charge in [-0.05, 0) is 49.7 Å². The first-order valence-electron chi connectivity index (χ1n) is 6.24. The molecule has 1 unspecified atom stereocenters. The monoisotopic (exact) mass is 319 g/mol. The Bertz CT molecular complexity index is 569. The molecule has 0 aliphatic rings. The number of likely N-dealkylation sites (N-methyl/N-ethyl adjacent to an activating group) is 1. The number of hydrogen-bond donors (Lipinski definition) is 2. The molecule has 4 heteroatoms. The average molecular weight is 320 g/mol. The molecule has 0 amide bonds. The SMILES string of the molecule is CNC(Cc1cccc(Br)c1)c1cc(C)cnc1N. The molecule has 0 saturated carbocycles. The third-order valence-corrected chi connectivity index (χ3v) is 3.63. The van der Waals surface area contributed by atoms with Crippen LogP contribution in [-0.2, 0) is 6.42 Å². The maximum absolute atomic E-state index is 5.99. The molecule has 100 valence electrons. The molecule has 0 aliphatic carbocycles. The normalized spacial score (nSPS) is 12.4. The average Bonchev–Trinajstić information content (AvgIpc) is 2.39. The van der Waals surface area contributed by atoms with E-state index in [1.165, 1.54) is 5.56 Å². The summed E-state index contributed by atoms with van der Waals surface area (Å²) in [6, 6.07) is 10.6. The molecule has 2 rings (SSSR count). The molecular formula is C15H18BrN3. The van der Waals surface area contributed by atoms with Crippen molar-refractivity contribution in [2.24, 2.45) is 0 Å². The van der Waals surface area contributed by atoms with Crippen LogP contribution in [0.15, 0.2) is 41.0 Å². The van der Waals surface area contributed by atoms with Gasteiger partial charge < -0.3 is 11.1 Å². The van der Waals surface area contributed by atoms with E-state index in [0.717, 1.165) is 22.0 Å². The molecule has 19 heavy (non-hydrogen) atoms. The molecule has 2 aromatic rings. The second-order valence-corrected chi connectivity index (χ2v) is 5.58. The number of nitrogen functional groups attached to an aromatic ring is 1. The van der Waals surface area contributed by atoms with Crippen LogP contribution in [0, 0.1) is 6.92 Å². The number of pyridine rings is 1. The summed E-state index contributed by atoms with van der Waals surface area (Å²) in [5.41, 5.74) is 9.43. The number of benzene rings is 1. The summed E-state index contributed by atoms with van der Waals surface area (Å²) < 4.78 is 1.09. The van der Waals surface area contributed by atoms with E-state index in [1.54, 1.807) is 6.20 Å². The number of aryl methyl sites for hydroxylation is 1. The zero-order chi connectivity index (χ0) is 13.8. The maximum Gasteiger partial charge on any atom is 0.128 e. The second-order valence-electron chi connectivity index (χ2n) is 4.66. The Labute approximate surface area is 122 Å². The number of anilines is 1. The van der Waals surface area contributed by atoms with Gasteiger partial charge in [-0.25, -0.2) is 4.98 Å². The highest BCUT2D eigenvalue weighted by Crippen LogP contribution is 2.24. The van der Waals surface area contributed by atoms with Crippen molar-refractivity contribution in [3.8, 4) is 0 Å². The molecule has 0 saturated heterocycles. The second kappa shape index (κ2) is 6.17. The highest BCUT2D eigenvalue weighted by molar-refractivity contribution is 9.10. The fourth-order valence-electron chi connectivity index (χ4n) is 2.15. The predicted octanol–water partition coefficient (Wildman–Crippen LogP) is 3.24. The van der Waals surface area contributed by atoms with Gasteiger partial charge in [-0.3, -0.25) is 0 Å². The summed E-state index contributed by atoms with van der Waals surface area (Å²) >= 11 is 3.50. The van der Waals surface area contributed by atoms with Crippen molar-refractivity contribution in [3.05, 3.63) is 57.7 Å². The summed E-state index contributed by atoms with van der Waals surface area (Å²) in [7, 11) is 1.95. The fraction of sp³-hybridized carbons (Fsp3) is 0.267. The Balaban J connectivity index is 2.27. The number of rotatable bonds is 4. The van der Waals surface area contributed by atoms with Crippen molar-refractivity contribution in [1.29, 1.82) is 0 Å². The van der Waals surface area contributed by atoms with Crippen LogP contribution in [0.4, 0.5) is 5.82 Å². The van der Waals surface area contributed by atoms with Crippen LogP contribution in [-0.4, -0.2) is 12.0 Å². The molecule has 0 spiro atoms. The van der Waals surface area contributed by atoms with Crippen molar-refractivity contribution in [2.45, 2.75) is 19.4 Å². The lowest BCUT2D eigenvalue weighted by atomic mass is 9.98. The topological polar surface area (TPSA) is 50.9 Å². The molecule has 0 radical (unpaired) electrons. The summed E-state index contributed by atoms with van der Waals surface area (Å²) in [5, 5.41) is 3.32. The van der Waals surface area contributed by atoms with Crippen molar-refractivity contribution < 1.29 is 0 Å². The van der Waals surface area contributed by atoms with Gasteiger partial charge in [0.25, 0.3) is 0 Å². The molecule has 1 aromatic heterocycles. The van der Waals surface area contributed by atoms with Gasteiger partial charge in [-0.2, -0.15) is 0 Å². The summed E-state index contributed by atoms with van der Waals surface area (Å²) in [6.07, 6.45) is 2.68. The lowest BCUT2D eigenvalue weighted by Gasteiger charge is -2.18. The van der Waals surface area contributed by atoms with Crippen molar-refractivity contribution >= 4 is 21.7 Å². The van der Waals surface area contributed by atoms with E-state index in [9.17, 15) is 0 Å². The number of hydrogen-bond acceptors (Lipinski definition) is 3. The molecule has 1 aromatic carbocycles. The third kappa shape index (κ3) is 3.55. The van der Waals surface area contributed by atoms with Crippen LogP contribution in [0.2, 0.25) is 0 Å². The van der Waals surface area contributed by atoms with Gasteiger partial charge >= 0.3 is 0 Å². The smallest absolute Gasteiger partial charge is 0.128 e. The Kier molecular flexibility index (Phi) is 4.56. The molecule has 3 N–H and O–H groups in total. The van der Waals surface area contributed by atoms with Crippen LogP contribution in [0.5, 0.6) is 0 Å². The summed E-state index contributed by atoms with van der Waals surface area (Å²) in [4.78, 5) is 4.24. The van der Waals surface area contributed by atoms with E-state index in [4.69, 9.17) is 5.73 Å². The first-order valence-corrected chi connectivity index (χ1v) is 7.03. The predicted molar refractivity (Wildman–Crippen MR) is 83.0 cm³/mol. The first-order chi connectivity index (χ1) is 9.10. The van der Waals surface area contributed by atoms with Gasteiger partial charge in [-0.15, -0.1) is 0 Å². The third-order valence-electron chi connectivity index (χ3n) is 3.14. The minimum Gasteiger partial charge on any atom is -0.383 e. The largest absolute Gasteiger partial charge is 0.383 e. The number of nitrogens with two attached hydrogens (primary N) is 1. The lowest BCUT2D eigenvalue weighted by Crippen LogP contribution is -2.20. The van der Waals surface area contributed by atoms with E-state index >= 15 is 0 Å². The minimum atomic E-state index is 0.168. The lowest BCUT2D eigenvalue weighted by molar-refractivity contribution is 0.591. The summed E-state index contributed by atoms with van der Waals surface area (Å²) in [6.45, 7) is 2.03. The molecular weight excluding hydrogens is 302 g/mol. The zero-order valence-corrected chi connectivity index (χ0v) is 12.7. The highest BCUT2D eigenvalue weighted by Gasteiger charge is 2.14. The number of aromatic nitrogens is 1. The van der Waals surface area contributed by atoms with Crippen LogP contribution in [0.25, 0.3) is 0 Å². The van der Waals surface area contributed by atoms with Gasteiger partial charge in [0.05, 0.1) is 0 Å². The Morgan fingerprint density at radius 1 is 1.37 bits per heavy atom. The standard InChI is InChI=1S/C15H18BrN3/c1-10-6-13(15(17)19-9-10)14(18-2)8-11-4-3-5-12(16)7-11/h3-7,9,14,18H,8H2,1-2H3,(H2,17,19). The van der Waals surface area contributed by atoms with Gasteiger partial charge in [0.15, 0.2) is 0 Å². The number of nitrogens with zero attached hydrogens (tertiary/aromatic N) is 1. The summed E-state index contributed by atoms with van der Waals surface area (Å²) in [5.74, 6) is 0.597. The molecule has 0 fully saturated rings. The quantitative estimate of drug-likeness (QED) is 0.909. The van der Waals surface area contributed by atoms with E-state index in [1.807, 2.05) is 26.1 Å². The Morgan fingerprint density at radius 3 is 2.84 bits per heavy atom. The zero-order valence-electron chi connectivity index (χ0n) is 11.2. The van der Waals surface area contributed by atoms with E-state index < -0.39 is 0 Å². The molecule has 1 atom stereocenters. The van der Waals surface area contributed by atoms with Crippen molar-refractivity contribution in [3.63, 3.8) is 0 Å². The molecule has 0 bridgehead atoms. The Morgan fingerprint density at radius 2 is 2.16 bits per heavy atom. The van der Waals surface area contributed by atoms with Gasteiger partial charge in [0.2, 0.25) is 0 Å². The molecule has 1 heterocycles. The van der Waals surface area contributed by atoms with Crippen LogP contribution >= 0.6 is 15.9 Å². The van der Waals surface area contributed by atoms with Crippen LogP contribution in [0.3, 0.4) is 0 Å². The molecule has 3 nitrogen and oxygen atoms in total.